The molecular formula is C21H30N4O. The predicted octanol–water partition coefficient (Wildman–Crippen LogP) is 3.83. The van der Waals surface area contributed by atoms with Crippen molar-refractivity contribution in [1.82, 2.24) is 15.6 Å². The minimum atomic E-state index is -0.0316. The van der Waals surface area contributed by atoms with Gasteiger partial charge in [0.2, 0.25) is 5.89 Å². The molecule has 2 atom stereocenters. The molecule has 2 aromatic rings. The molecule has 1 saturated carbocycles. The maximum absolute atomic E-state index is 5.82. The highest BCUT2D eigenvalue weighted by Crippen LogP contribution is 2.46. The molecule has 0 aliphatic heterocycles. The molecule has 0 amide bonds. The third-order valence-corrected chi connectivity index (χ3v) is 4.69. The van der Waals surface area contributed by atoms with Gasteiger partial charge in [0.25, 0.3) is 0 Å². The molecule has 5 nitrogen and oxygen atoms in total. The largest absolute Gasteiger partial charge is 0.443 e. The van der Waals surface area contributed by atoms with Crippen LogP contribution in [0.2, 0.25) is 0 Å². The highest BCUT2D eigenvalue weighted by atomic mass is 16.4. The van der Waals surface area contributed by atoms with E-state index in [1.165, 1.54) is 12.0 Å². The van der Waals surface area contributed by atoms with Crippen molar-refractivity contribution >= 4 is 5.96 Å². The van der Waals surface area contributed by atoms with Crippen molar-refractivity contribution in [2.75, 3.05) is 13.1 Å². The van der Waals surface area contributed by atoms with Gasteiger partial charge in [0.05, 0.1) is 6.20 Å². The molecule has 0 radical (unpaired) electrons. The molecule has 0 spiro atoms. The molecule has 0 bridgehead atoms. The van der Waals surface area contributed by atoms with Crippen molar-refractivity contribution in [1.29, 1.82) is 0 Å². The van der Waals surface area contributed by atoms with Gasteiger partial charge in [0.15, 0.2) is 5.96 Å². The second kappa shape index (κ2) is 7.94. The van der Waals surface area contributed by atoms with Gasteiger partial charge in [-0.15, -0.1) is 0 Å². The van der Waals surface area contributed by atoms with E-state index in [1.54, 1.807) is 6.20 Å². The fourth-order valence-corrected chi connectivity index (χ4v) is 3.03. The summed E-state index contributed by atoms with van der Waals surface area (Å²) in [5.74, 6) is 3.72. The number of hydrogen-bond acceptors (Lipinski definition) is 3. The van der Waals surface area contributed by atoms with Gasteiger partial charge < -0.3 is 15.1 Å². The van der Waals surface area contributed by atoms with Gasteiger partial charge in [-0.3, -0.25) is 0 Å². The van der Waals surface area contributed by atoms with Gasteiger partial charge in [-0.05, 0) is 30.7 Å². The van der Waals surface area contributed by atoms with E-state index in [0.717, 1.165) is 24.8 Å². The van der Waals surface area contributed by atoms with E-state index in [1.807, 2.05) is 0 Å². The molecule has 0 saturated heterocycles. The van der Waals surface area contributed by atoms with Gasteiger partial charge in [0.1, 0.15) is 12.3 Å². The average molecular weight is 354 g/mol. The van der Waals surface area contributed by atoms with Crippen LogP contribution in [0.4, 0.5) is 0 Å². The summed E-state index contributed by atoms with van der Waals surface area (Å²) in [4.78, 5) is 8.96. The van der Waals surface area contributed by atoms with Crippen LogP contribution in [0.25, 0.3) is 0 Å². The van der Waals surface area contributed by atoms with Crippen LogP contribution in [0.5, 0.6) is 0 Å². The van der Waals surface area contributed by atoms with E-state index in [-0.39, 0.29) is 5.41 Å². The Balaban J connectivity index is 1.52. The fourth-order valence-electron chi connectivity index (χ4n) is 3.03. The maximum atomic E-state index is 5.82. The number of rotatable bonds is 6. The number of aliphatic imine (C=N–C) groups is 1. The van der Waals surface area contributed by atoms with Crippen molar-refractivity contribution in [3.63, 3.8) is 0 Å². The summed E-state index contributed by atoms with van der Waals surface area (Å²) in [6.07, 6.45) is 3.05. The Bertz CT molecular complexity index is 730. The number of nitrogens with one attached hydrogen (secondary N) is 2. The van der Waals surface area contributed by atoms with Crippen LogP contribution in [-0.2, 0) is 12.0 Å². The quantitative estimate of drug-likeness (QED) is 0.611. The molecule has 1 fully saturated rings. The Morgan fingerprint density at radius 3 is 2.65 bits per heavy atom. The first kappa shape index (κ1) is 18.5. The summed E-state index contributed by atoms with van der Waals surface area (Å²) in [7, 11) is 0. The molecule has 1 aromatic heterocycles. The number of aromatic nitrogens is 1. The van der Waals surface area contributed by atoms with Crippen molar-refractivity contribution < 1.29 is 4.42 Å². The molecule has 1 aliphatic rings. The van der Waals surface area contributed by atoms with Gasteiger partial charge >= 0.3 is 0 Å². The van der Waals surface area contributed by atoms with Crippen molar-refractivity contribution in [3.8, 4) is 0 Å². The lowest BCUT2D eigenvalue weighted by atomic mass is 9.94. The van der Waals surface area contributed by atoms with Crippen LogP contribution in [0, 0.1) is 5.92 Å². The van der Waals surface area contributed by atoms with Crippen LogP contribution in [0.15, 0.2) is 45.9 Å². The summed E-state index contributed by atoms with van der Waals surface area (Å²) in [5, 5.41) is 6.76. The Labute approximate surface area is 156 Å². The zero-order chi connectivity index (χ0) is 18.6. The lowest BCUT2D eigenvalue weighted by molar-refractivity contribution is 0.383. The number of oxazole rings is 1. The van der Waals surface area contributed by atoms with Gasteiger partial charge in [-0.25, -0.2) is 9.98 Å². The number of hydrogen-bond donors (Lipinski definition) is 2. The normalized spacial score (nSPS) is 20.1. The number of nitrogens with zero attached hydrogens (tertiary/aromatic N) is 2. The highest BCUT2D eigenvalue weighted by molar-refractivity contribution is 5.79. The Hall–Kier alpha value is -2.30. The second-order valence-electron chi connectivity index (χ2n) is 7.96. The zero-order valence-electron chi connectivity index (χ0n) is 16.2. The fraction of sp³-hybridized carbons (Fsp3) is 0.524. The first-order valence-corrected chi connectivity index (χ1v) is 9.49. The van der Waals surface area contributed by atoms with E-state index >= 15 is 0 Å². The van der Waals surface area contributed by atoms with Crippen molar-refractivity contribution in [3.05, 3.63) is 53.7 Å². The first-order chi connectivity index (χ1) is 12.5. The van der Waals surface area contributed by atoms with E-state index in [2.05, 4.69) is 78.6 Å². The molecule has 2 unspecified atom stereocenters. The zero-order valence-corrected chi connectivity index (χ0v) is 16.2. The smallest absolute Gasteiger partial charge is 0.216 e. The molecular weight excluding hydrogens is 324 g/mol. The summed E-state index contributed by atoms with van der Waals surface area (Å²) in [5.41, 5.74) is 1.41. The Morgan fingerprint density at radius 1 is 1.23 bits per heavy atom. The van der Waals surface area contributed by atoms with Crippen LogP contribution < -0.4 is 10.6 Å². The summed E-state index contributed by atoms with van der Waals surface area (Å²) in [6.45, 7) is 10.6. The first-order valence-electron chi connectivity index (χ1n) is 9.49. The minimum absolute atomic E-state index is 0.0316. The van der Waals surface area contributed by atoms with E-state index in [9.17, 15) is 0 Å². The molecule has 140 valence electrons. The molecule has 3 rings (SSSR count). The van der Waals surface area contributed by atoms with Crippen LogP contribution in [0.3, 0.4) is 0 Å². The molecule has 26 heavy (non-hydrogen) atoms. The summed E-state index contributed by atoms with van der Waals surface area (Å²) >= 11 is 0. The lowest BCUT2D eigenvalue weighted by Crippen LogP contribution is -2.38. The Morgan fingerprint density at radius 2 is 2.00 bits per heavy atom. The van der Waals surface area contributed by atoms with E-state index in [0.29, 0.717) is 24.3 Å². The Kier molecular flexibility index (Phi) is 5.64. The monoisotopic (exact) mass is 354 g/mol. The van der Waals surface area contributed by atoms with E-state index < -0.39 is 0 Å². The molecule has 1 aliphatic carbocycles. The SMILES string of the molecule is CCNC(=NCc1ncc(C(C)(C)C)o1)NCC1CC1c1ccccc1. The molecule has 1 heterocycles. The number of guanidine groups is 1. The third kappa shape index (κ3) is 4.87. The molecule has 1 aromatic carbocycles. The molecule has 2 N–H and O–H groups in total. The van der Waals surface area contributed by atoms with Crippen molar-refractivity contribution in [2.45, 2.75) is 52.0 Å². The standard InChI is InChI=1S/C21H30N4O/c1-5-22-20(25-14-19-23-13-18(26-19)21(2,3)4)24-12-16-11-17(16)15-9-7-6-8-10-15/h6-10,13,16-17H,5,11-12,14H2,1-4H3,(H2,22,24,25). The average Bonchev–Trinajstić information content (AvgIpc) is 3.23. The second-order valence-corrected chi connectivity index (χ2v) is 7.96. The maximum Gasteiger partial charge on any atom is 0.216 e. The van der Waals surface area contributed by atoms with Gasteiger partial charge in [-0.2, -0.15) is 0 Å². The predicted molar refractivity (Wildman–Crippen MR) is 105 cm³/mol. The summed E-state index contributed by atoms with van der Waals surface area (Å²) < 4.78 is 5.82. The molecule has 5 heteroatoms. The third-order valence-electron chi connectivity index (χ3n) is 4.69. The minimum Gasteiger partial charge on any atom is -0.443 e. The van der Waals surface area contributed by atoms with E-state index in [4.69, 9.17) is 4.42 Å². The van der Waals surface area contributed by atoms with Crippen molar-refractivity contribution in [2.24, 2.45) is 10.9 Å². The number of benzene rings is 1. The topological polar surface area (TPSA) is 62.5 Å². The lowest BCUT2D eigenvalue weighted by Gasteiger charge is -2.13. The van der Waals surface area contributed by atoms with Crippen LogP contribution in [-0.4, -0.2) is 24.0 Å². The van der Waals surface area contributed by atoms with Gasteiger partial charge in [0, 0.05) is 18.5 Å². The summed E-state index contributed by atoms with van der Waals surface area (Å²) in [6, 6.07) is 10.7. The highest BCUT2D eigenvalue weighted by Gasteiger charge is 2.37. The van der Waals surface area contributed by atoms with Gasteiger partial charge in [-0.1, -0.05) is 51.1 Å². The van der Waals surface area contributed by atoms with Crippen LogP contribution in [0.1, 0.15) is 57.2 Å². The van der Waals surface area contributed by atoms with Crippen LogP contribution >= 0.6 is 0 Å².